The fourth-order valence-corrected chi connectivity index (χ4v) is 1.84. The van der Waals surface area contributed by atoms with Crippen molar-refractivity contribution in [2.75, 3.05) is 0 Å². The summed E-state index contributed by atoms with van der Waals surface area (Å²) in [6, 6.07) is -0.683. The van der Waals surface area contributed by atoms with Gasteiger partial charge in [-0.25, -0.2) is 13.6 Å². The molecule has 2 atom stereocenters. The average molecular weight is 277 g/mol. The Labute approximate surface area is 114 Å². The van der Waals surface area contributed by atoms with E-state index in [1.807, 2.05) is 6.92 Å². The molecule has 0 bridgehead atoms. The number of hydrogen-bond donors (Lipinski definition) is 1. The summed E-state index contributed by atoms with van der Waals surface area (Å²) in [6.45, 7) is 11.3. The molecule has 2 unspecified atom stereocenters. The van der Waals surface area contributed by atoms with Gasteiger partial charge in [0.25, 0.3) is 5.92 Å². The summed E-state index contributed by atoms with van der Waals surface area (Å²) in [5, 5.41) is 2.52. The summed E-state index contributed by atoms with van der Waals surface area (Å²) in [5.41, 5.74) is -0.654. The minimum Gasteiger partial charge on any atom is -0.444 e. The number of ether oxygens (including phenoxy) is 1. The van der Waals surface area contributed by atoms with Crippen LogP contribution in [-0.4, -0.2) is 23.7 Å². The predicted molar refractivity (Wildman–Crippen MR) is 72.4 cm³/mol. The molecule has 5 heteroatoms. The van der Waals surface area contributed by atoms with E-state index in [1.54, 1.807) is 20.8 Å². The maximum atomic E-state index is 13.5. The van der Waals surface area contributed by atoms with E-state index in [1.165, 1.54) is 6.08 Å². The lowest BCUT2D eigenvalue weighted by Crippen LogP contribution is -2.47. The summed E-state index contributed by atoms with van der Waals surface area (Å²) in [5.74, 6) is -4.05. The van der Waals surface area contributed by atoms with Crippen molar-refractivity contribution >= 4 is 6.09 Å². The highest BCUT2D eigenvalue weighted by Crippen LogP contribution is 2.29. The zero-order valence-corrected chi connectivity index (χ0v) is 12.4. The molecule has 0 aromatic carbocycles. The second-order valence-electron chi connectivity index (χ2n) is 5.76. The molecule has 0 rings (SSSR count). The van der Waals surface area contributed by atoms with Crippen molar-refractivity contribution in [2.24, 2.45) is 5.92 Å². The minimum atomic E-state index is -2.93. The van der Waals surface area contributed by atoms with Gasteiger partial charge >= 0.3 is 6.09 Å². The van der Waals surface area contributed by atoms with Crippen LogP contribution in [0.3, 0.4) is 0 Å². The number of amides is 1. The van der Waals surface area contributed by atoms with Crippen LogP contribution >= 0.6 is 0 Å². The summed E-state index contributed by atoms with van der Waals surface area (Å²) in [6.07, 6.45) is 1.64. The minimum absolute atomic E-state index is 0.444. The molecule has 0 aliphatic heterocycles. The lowest BCUT2D eigenvalue weighted by Gasteiger charge is -2.30. The maximum absolute atomic E-state index is 13.5. The van der Waals surface area contributed by atoms with E-state index in [-0.39, 0.29) is 0 Å². The summed E-state index contributed by atoms with van der Waals surface area (Å²) >= 11 is 0. The highest BCUT2D eigenvalue weighted by Gasteiger charge is 2.38. The molecule has 0 spiro atoms. The van der Waals surface area contributed by atoms with Crippen molar-refractivity contribution < 1.29 is 18.3 Å². The van der Waals surface area contributed by atoms with Crippen LogP contribution in [-0.2, 0) is 4.74 Å². The number of nitrogens with one attached hydrogen (secondary N) is 1. The maximum Gasteiger partial charge on any atom is 0.407 e. The van der Waals surface area contributed by atoms with Crippen molar-refractivity contribution in [3.63, 3.8) is 0 Å². The molecular formula is C14H25F2NO2. The van der Waals surface area contributed by atoms with Crippen LogP contribution in [0.25, 0.3) is 0 Å². The molecule has 1 amide bonds. The van der Waals surface area contributed by atoms with E-state index in [4.69, 9.17) is 4.74 Å². The van der Waals surface area contributed by atoms with Crippen LogP contribution in [0.1, 0.15) is 47.5 Å². The van der Waals surface area contributed by atoms with Gasteiger partial charge < -0.3 is 10.1 Å². The molecule has 0 fully saturated rings. The van der Waals surface area contributed by atoms with Gasteiger partial charge in [0.15, 0.2) is 0 Å². The Morgan fingerprint density at radius 1 is 1.37 bits per heavy atom. The molecule has 19 heavy (non-hydrogen) atoms. The lowest BCUT2D eigenvalue weighted by molar-refractivity contribution is -0.0361. The summed E-state index contributed by atoms with van der Waals surface area (Å²) in [4.78, 5) is 11.7. The van der Waals surface area contributed by atoms with Gasteiger partial charge in [-0.3, -0.25) is 0 Å². The zero-order chi connectivity index (χ0) is 15.3. The third-order valence-corrected chi connectivity index (χ3v) is 2.57. The first-order valence-corrected chi connectivity index (χ1v) is 6.51. The normalized spacial score (nSPS) is 15.5. The molecule has 0 heterocycles. The quantitative estimate of drug-likeness (QED) is 0.741. The Morgan fingerprint density at radius 3 is 2.21 bits per heavy atom. The van der Waals surface area contributed by atoms with Gasteiger partial charge in [0.2, 0.25) is 0 Å². The number of carbonyl (C=O) groups is 1. The van der Waals surface area contributed by atoms with Crippen LogP contribution in [0, 0.1) is 5.92 Å². The summed E-state index contributed by atoms with van der Waals surface area (Å²) in [7, 11) is 0. The fourth-order valence-electron chi connectivity index (χ4n) is 1.84. The molecule has 3 nitrogen and oxygen atoms in total. The van der Waals surface area contributed by atoms with Gasteiger partial charge in [0.1, 0.15) is 5.60 Å². The summed E-state index contributed by atoms with van der Waals surface area (Å²) < 4.78 is 32.1. The van der Waals surface area contributed by atoms with E-state index < -0.39 is 29.6 Å². The van der Waals surface area contributed by atoms with E-state index >= 15 is 0 Å². The van der Waals surface area contributed by atoms with Gasteiger partial charge in [-0.15, -0.1) is 6.58 Å². The second-order valence-corrected chi connectivity index (χ2v) is 5.76. The monoisotopic (exact) mass is 277 g/mol. The van der Waals surface area contributed by atoms with Crippen molar-refractivity contribution in [2.45, 2.75) is 65.0 Å². The third-order valence-electron chi connectivity index (χ3n) is 2.57. The van der Waals surface area contributed by atoms with Gasteiger partial charge in [-0.2, -0.15) is 0 Å². The zero-order valence-electron chi connectivity index (χ0n) is 12.4. The van der Waals surface area contributed by atoms with E-state index in [9.17, 15) is 13.6 Å². The molecule has 0 aliphatic rings. The molecule has 0 aromatic rings. The van der Waals surface area contributed by atoms with Gasteiger partial charge in [-0.1, -0.05) is 19.4 Å². The van der Waals surface area contributed by atoms with Gasteiger partial charge in [0.05, 0.1) is 5.92 Å². The largest absolute Gasteiger partial charge is 0.444 e. The first-order chi connectivity index (χ1) is 8.51. The molecule has 0 radical (unpaired) electrons. The van der Waals surface area contributed by atoms with Crippen LogP contribution in [0.2, 0.25) is 0 Å². The molecule has 0 saturated heterocycles. The smallest absolute Gasteiger partial charge is 0.407 e. The van der Waals surface area contributed by atoms with Gasteiger partial charge in [0, 0.05) is 13.0 Å². The van der Waals surface area contributed by atoms with Crippen LogP contribution in [0.4, 0.5) is 13.6 Å². The number of carbonyl (C=O) groups excluding carboxylic acids is 1. The topological polar surface area (TPSA) is 38.3 Å². The number of hydrogen-bond acceptors (Lipinski definition) is 2. The van der Waals surface area contributed by atoms with Crippen molar-refractivity contribution in [3.8, 4) is 0 Å². The first-order valence-electron chi connectivity index (χ1n) is 6.51. The Morgan fingerprint density at radius 2 is 1.89 bits per heavy atom. The average Bonchev–Trinajstić information content (AvgIpc) is 2.12. The lowest BCUT2D eigenvalue weighted by atomic mass is 9.90. The molecule has 0 aromatic heterocycles. The predicted octanol–water partition coefficient (Wildman–Crippen LogP) is 4.14. The van der Waals surface area contributed by atoms with Crippen molar-refractivity contribution in [3.05, 3.63) is 12.7 Å². The molecular weight excluding hydrogens is 252 g/mol. The van der Waals surface area contributed by atoms with Crippen LogP contribution in [0.5, 0.6) is 0 Å². The Kier molecular flexibility index (Phi) is 6.46. The highest BCUT2D eigenvalue weighted by atomic mass is 19.3. The number of halogens is 2. The highest BCUT2D eigenvalue weighted by molar-refractivity contribution is 5.68. The molecule has 0 saturated carbocycles. The Balaban J connectivity index is 4.82. The van der Waals surface area contributed by atoms with E-state index in [2.05, 4.69) is 11.9 Å². The van der Waals surface area contributed by atoms with Crippen LogP contribution in [0.15, 0.2) is 12.7 Å². The molecule has 0 aliphatic carbocycles. The number of alkyl halides is 2. The SMILES string of the molecule is C=CC(C(CCC)NC(=O)OC(C)(C)C)C(C)(F)F. The Hall–Kier alpha value is -1.13. The van der Waals surface area contributed by atoms with E-state index in [0.29, 0.717) is 12.8 Å². The molecule has 1 N–H and O–H groups in total. The number of rotatable bonds is 6. The second kappa shape index (κ2) is 6.87. The number of alkyl carbamates (subject to hydrolysis) is 1. The van der Waals surface area contributed by atoms with Crippen molar-refractivity contribution in [1.29, 1.82) is 0 Å². The van der Waals surface area contributed by atoms with Crippen LogP contribution < -0.4 is 5.32 Å². The fraction of sp³-hybridized carbons (Fsp3) is 0.786. The van der Waals surface area contributed by atoms with Gasteiger partial charge in [-0.05, 0) is 27.2 Å². The van der Waals surface area contributed by atoms with Crippen molar-refractivity contribution in [1.82, 2.24) is 5.32 Å². The Bertz CT molecular complexity index is 306. The first kappa shape index (κ1) is 17.9. The standard InChI is InChI=1S/C14H25F2NO2/c1-7-9-11(10(8-2)14(6,15)16)17-12(18)19-13(3,4)5/h8,10-11H,2,7,9H2,1,3-6H3,(H,17,18). The molecule has 112 valence electrons. The third kappa shape index (κ3) is 7.13. The van der Waals surface area contributed by atoms with E-state index in [0.717, 1.165) is 6.92 Å².